The van der Waals surface area contributed by atoms with Crippen LogP contribution in [0.5, 0.6) is 0 Å². The van der Waals surface area contributed by atoms with Crippen LogP contribution in [0.15, 0.2) is 24.3 Å². The summed E-state index contributed by atoms with van der Waals surface area (Å²) in [5.41, 5.74) is 7.64. The number of hydrogen-bond donors (Lipinski definition) is 2. The molecule has 23 heavy (non-hydrogen) atoms. The molecule has 0 aliphatic carbocycles. The van der Waals surface area contributed by atoms with Crippen LogP contribution in [0.1, 0.15) is 19.4 Å². The first kappa shape index (κ1) is 17.4. The van der Waals surface area contributed by atoms with E-state index in [1.54, 1.807) is 11.8 Å². The highest BCUT2D eigenvalue weighted by Crippen LogP contribution is 2.15. The van der Waals surface area contributed by atoms with E-state index in [0.29, 0.717) is 32.7 Å². The van der Waals surface area contributed by atoms with E-state index in [4.69, 9.17) is 5.73 Å². The molecule has 1 aliphatic rings. The Balaban J connectivity index is 1.82. The average molecular weight is 318 g/mol. The van der Waals surface area contributed by atoms with Crippen LogP contribution >= 0.6 is 0 Å². The van der Waals surface area contributed by atoms with Crippen molar-refractivity contribution in [1.29, 1.82) is 0 Å². The van der Waals surface area contributed by atoms with Crippen molar-refractivity contribution in [2.75, 3.05) is 38.0 Å². The maximum Gasteiger partial charge on any atom is 0.239 e. The number of carbonyl (C=O) groups is 2. The molecule has 126 valence electrons. The van der Waals surface area contributed by atoms with Gasteiger partial charge in [0.05, 0.1) is 12.6 Å². The summed E-state index contributed by atoms with van der Waals surface area (Å²) in [6.45, 7) is 6.76. The van der Waals surface area contributed by atoms with Crippen molar-refractivity contribution in [3.05, 3.63) is 29.8 Å². The molecule has 2 rings (SSSR count). The van der Waals surface area contributed by atoms with Gasteiger partial charge in [0.1, 0.15) is 0 Å². The van der Waals surface area contributed by atoms with Crippen LogP contribution in [0.4, 0.5) is 5.69 Å². The number of para-hydroxylation sites is 1. The Morgan fingerprint density at radius 3 is 2.48 bits per heavy atom. The zero-order valence-electron chi connectivity index (χ0n) is 13.9. The zero-order chi connectivity index (χ0) is 16.8. The molecule has 1 aliphatic heterocycles. The normalized spacial score (nSPS) is 16.9. The fraction of sp³-hybridized carbons (Fsp3) is 0.529. The smallest absolute Gasteiger partial charge is 0.239 e. The van der Waals surface area contributed by atoms with Crippen molar-refractivity contribution >= 4 is 17.5 Å². The molecule has 0 aromatic heterocycles. The second-order valence-electron chi connectivity index (χ2n) is 5.95. The molecule has 1 heterocycles. The van der Waals surface area contributed by atoms with Gasteiger partial charge in [0.15, 0.2) is 0 Å². The molecule has 2 amide bonds. The first-order chi connectivity index (χ1) is 11.0. The van der Waals surface area contributed by atoms with Crippen molar-refractivity contribution in [2.24, 2.45) is 5.73 Å². The summed E-state index contributed by atoms with van der Waals surface area (Å²) in [5, 5.41) is 2.98. The Bertz CT molecular complexity index is 551. The number of benzene rings is 1. The molecule has 1 fully saturated rings. The molecule has 1 saturated heterocycles. The monoisotopic (exact) mass is 318 g/mol. The molecule has 1 atom stereocenters. The lowest BCUT2D eigenvalue weighted by Crippen LogP contribution is -2.53. The number of anilines is 1. The number of piperazine rings is 1. The lowest BCUT2D eigenvalue weighted by Gasteiger charge is -2.35. The van der Waals surface area contributed by atoms with Gasteiger partial charge in [-0.2, -0.15) is 0 Å². The van der Waals surface area contributed by atoms with Gasteiger partial charge in [-0.15, -0.1) is 0 Å². The number of aryl methyl sites for hydroxylation is 1. The summed E-state index contributed by atoms with van der Waals surface area (Å²) < 4.78 is 0. The standard InChI is InChI=1S/C17H26N4O2/c1-3-14-6-4-5-7-15(14)19-16(22)12-20-8-10-21(11-9-20)17(23)13(2)18/h4-7,13H,3,8-12,18H2,1-2H3,(H,19,22). The molecule has 3 N–H and O–H groups in total. The average Bonchev–Trinajstić information content (AvgIpc) is 2.55. The van der Waals surface area contributed by atoms with E-state index in [2.05, 4.69) is 17.1 Å². The van der Waals surface area contributed by atoms with Gasteiger partial charge in [-0.3, -0.25) is 14.5 Å². The second-order valence-corrected chi connectivity index (χ2v) is 5.95. The van der Waals surface area contributed by atoms with Crippen molar-refractivity contribution in [3.8, 4) is 0 Å². The van der Waals surface area contributed by atoms with Gasteiger partial charge < -0.3 is 16.0 Å². The Hall–Kier alpha value is -1.92. The fourth-order valence-corrected chi connectivity index (χ4v) is 2.76. The van der Waals surface area contributed by atoms with Gasteiger partial charge in [-0.05, 0) is 25.0 Å². The molecule has 6 nitrogen and oxygen atoms in total. The Morgan fingerprint density at radius 1 is 1.22 bits per heavy atom. The number of nitrogens with one attached hydrogen (secondary N) is 1. The lowest BCUT2D eigenvalue weighted by atomic mass is 10.1. The predicted molar refractivity (Wildman–Crippen MR) is 91.1 cm³/mol. The molecular weight excluding hydrogens is 292 g/mol. The maximum atomic E-state index is 12.2. The summed E-state index contributed by atoms with van der Waals surface area (Å²) in [4.78, 5) is 27.9. The van der Waals surface area contributed by atoms with Crippen LogP contribution in [0, 0.1) is 0 Å². The van der Waals surface area contributed by atoms with Crippen LogP contribution in [0.25, 0.3) is 0 Å². The molecule has 1 unspecified atom stereocenters. The largest absolute Gasteiger partial charge is 0.339 e. The highest BCUT2D eigenvalue weighted by atomic mass is 16.2. The highest BCUT2D eigenvalue weighted by molar-refractivity contribution is 5.93. The molecule has 6 heteroatoms. The summed E-state index contributed by atoms with van der Waals surface area (Å²) in [7, 11) is 0. The van der Waals surface area contributed by atoms with Crippen molar-refractivity contribution < 1.29 is 9.59 Å². The highest BCUT2D eigenvalue weighted by Gasteiger charge is 2.24. The third-order valence-electron chi connectivity index (χ3n) is 4.11. The molecule has 1 aromatic carbocycles. The van der Waals surface area contributed by atoms with E-state index in [9.17, 15) is 9.59 Å². The topological polar surface area (TPSA) is 78.7 Å². The second kappa shape index (κ2) is 8.08. The van der Waals surface area contributed by atoms with Gasteiger partial charge >= 0.3 is 0 Å². The molecule has 0 radical (unpaired) electrons. The zero-order valence-corrected chi connectivity index (χ0v) is 13.9. The maximum absolute atomic E-state index is 12.2. The SMILES string of the molecule is CCc1ccccc1NC(=O)CN1CCN(C(=O)C(C)N)CC1. The molecule has 0 saturated carbocycles. The molecule has 0 spiro atoms. The van der Waals surface area contributed by atoms with Crippen LogP contribution in [0.3, 0.4) is 0 Å². The summed E-state index contributed by atoms with van der Waals surface area (Å²) in [6, 6.07) is 7.38. The summed E-state index contributed by atoms with van der Waals surface area (Å²) in [6.07, 6.45) is 0.883. The molecule has 0 bridgehead atoms. The fourth-order valence-electron chi connectivity index (χ4n) is 2.76. The molecular formula is C17H26N4O2. The first-order valence-electron chi connectivity index (χ1n) is 8.15. The summed E-state index contributed by atoms with van der Waals surface area (Å²) >= 11 is 0. The van der Waals surface area contributed by atoms with Crippen LogP contribution < -0.4 is 11.1 Å². The number of amides is 2. The minimum Gasteiger partial charge on any atom is -0.339 e. The van der Waals surface area contributed by atoms with E-state index in [1.165, 1.54) is 0 Å². The predicted octanol–water partition coefficient (Wildman–Crippen LogP) is 0.679. The molecule has 1 aromatic rings. The first-order valence-corrected chi connectivity index (χ1v) is 8.15. The Labute approximate surface area is 137 Å². The lowest BCUT2D eigenvalue weighted by molar-refractivity contribution is -0.134. The van der Waals surface area contributed by atoms with Gasteiger partial charge in [0.2, 0.25) is 11.8 Å². The number of nitrogens with two attached hydrogens (primary N) is 1. The van der Waals surface area contributed by atoms with Crippen LogP contribution in [-0.2, 0) is 16.0 Å². The van der Waals surface area contributed by atoms with Crippen molar-refractivity contribution in [3.63, 3.8) is 0 Å². The van der Waals surface area contributed by atoms with E-state index >= 15 is 0 Å². The van der Waals surface area contributed by atoms with E-state index in [1.807, 2.05) is 24.3 Å². The number of hydrogen-bond acceptors (Lipinski definition) is 4. The summed E-state index contributed by atoms with van der Waals surface area (Å²) in [5.74, 6) is -0.0381. The van der Waals surface area contributed by atoms with E-state index < -0.39 is 6.04 Å². The number of nitrogens with zero attached hydrogens (tertiary/aromatic N) is 2. The van der Waals surface area contributed by atoms with Gasteiger partial charge in [0.25, 0.3) is 0 Å². The Morgan fingerprint density at radius 2 is 1.87 bits per heavy atom. The van der Waals surface area contributed by atoms with E-state index in [0.717, 1.165) is 17.7 Å². The van der Waals surface area contributed by atoms with E-state index in [-0.39, 0.29) is 11.8 Å². The Kier molecular flexibility index (Phi) is 6.12. The van der Waals surface area contributed by atoms with Gasteiger partial charge in [0, 0.05) is 31.9 Å². The number of rotatable bonds is 5. The van der Waals surface area contributed by atoms with Crippen molar-refractivity contribution in [2.45, 2.75) is 26.3 Å². The third-order valence-corrected chi connectivity index (χ3v) is 4.11. The quantitative estimate of drug-likeness (QED) is 0.837. The van der Waals surface area contributed by atoms with Gasteiger partial charge in [-0.25, -0.2) is 0 Å². The minimum absolute atomic E-state index is 0.0159. The third kappa shape index (κ3) is 4.77. The minimum atomic E-state index is -0.463. The van der Waals surface area contributed by atoms with Crippen molar-refractivity contribution in [1.82, 2.24) is 9.80 Å². The van der Waals surface area contributed by atoms with Crippen LogP contribution in [0.2, 0.25) is 0 Å². The van der Waals surface area contributed by atoms with Gasteiger partial charge in [-0.1, -0.05) is 25.1 Å². The number of carbonyl (C=O) groups excluding carboxylic acids is 2. The van der Waals surface area contributed by atoms with Crippen LogP contribution in [-0.4, -0.2) is 60.4 Å².